The predicted molar refractivity (Wildman–Crippen MR) is 101 cm³/mol. The van der Waals surface area contributed by atoms with E-state index < -0.39 is 11.9 Å². The zero-order chi connectivity index (χ0) is 19.1. The van der Waals surface area contributed by atoms with Gasteiger partial charge in [0.25, 0.3) is 11.8 Å². The zero-order valence-corrected chi connectivity index (χ0v) is 15.3. The van der Waals surface area contributed by atoms with E-state index in [4.69, 9.17) is 0 Å². The molecule has 138 valence electrons. The number of para-hydroxylation sites is 1. The number of anilines is 2. The highest BCUT2D eigenvalue weighted by Crippen LogP contribution is 2.13. The summed E-state index contributed by atoms with van der Waals surface area (Å²) in [5.41, 5.74) is 1.24. The molecule has 5 nitrogen and oxygen atoms in total. The van der Waals surface area contributed by atoms with Crippen LogP contribution in [0.25, 0.3) is 0 Å². The van der Waals surface area contributed by atoms with Gasteiger partial charge in [-0.25, -0.2) is 4.39 Å². The maximum absolute atomic E-state index is 13.2. The number of hydrogen-bond donors (Lipinski definition) is 2. The summed E-state index contributed by atoms with van der Waals surface area (Å²) in [5.74, 6) is -0.723. The molecule has 0 spiro atoms. The smallest absolute Gasteiger partial charge is 0.284 e. The molecule has 2 aromatic rings. The van der Waals surface area contributed by atoms with Gasteiger partial charge in [-0.15, -0.1) is 0 Å². The first-order valence-electron chi connectivity index (χ1n) is 8.66. The molecule has 2 rings (SSSR count). The van der Waals surface area contributed by atoms with Gasteiger partial charge in [0.2, 0.25) is 0 Å². The number of nitrogens with one attached hydrogen (secondary N) is 2. The van der Waals surface area contributed by atoms with Crippen molar-refractivity contribution in [3.05, 3.63) is 60.4 Å². The second-order valence-corrected chi connectivity index (χ2v) is 6.22. The molecule has 0 aliphatic carbocycles. The Morgan fingerprint density at radius 1 is 1.15 bits per heavy atom. The first-order valence-corrected chi connectivity index (χ1v) is 8.66. The molecule has 2 N–H and O–H groups in total. The fraction of sp³-hybridized carbons (Fsp3) is 0.300. The monoisotopic (exact) mass is 358 g/mol. The molecular formula is C20H25FN3O2+. The van der Waals surface area contributed by atoms with E-state index in [0.717, 1.165) is 10.6 Å². The lowest BCUT2D eigenvalue weighted by Gasteiger charge is -2.27. The summed E-state index contributed by atoms with van der Waals surface area (Å²) >= 11 is 0. The Balaban J connectivity index is 1.98. The number of hydrogen-bond acceptors (Lipinski definition) is 2. The molecule has 0 heterocycles. The van der Waals surface area contributed by atoms with E-state index in [1.165, 1.54) is 18.2 Å². The van der Waals surface area contributed by atoms with E-state index in [1.807, 2.05) is 37.3 Å². The summed E-state index contributed by atoms with van der Waals surface area (Å²) < 4.78 is 13.2. The van der Waals surface area contributed by atoms with Crippen LogP contribution in [-0.2, 0) is 9.59 Å². The molecule has 0 aliphatic rings. The lowest BCUT2D eigenvalue weighted by atomic mass is 10.2. The van der Waals surface area contributed by atoms with Crippen molar-refractivity contribution in [2.45, 2.75) is 19.9 Å². The number of carbonyl (C=O) groups is 2. The van der Waals surface area contributed by atoms with Crippen LogP contribution in [0.5, 0.6) is 0 Å². The SMILES string of the molecule is CCN(C(=O)[C@@H](C)[NH+](C)CC(=O)Nc1cccc(F)c1)c1ccccc1. The first kappa shape index (κ1) is 19.6. The summed E-state index contributed by atoms with van der Waals surface area (Å²) in [7, 11) is 1.80. The molecular weight excluding hydrogens is 333 g/mol. The average Bonchev–Trinajstić information content (AvgIpc) is 2.62. The van der Waals surface area contributed by atoms with Gasteiger partial charge in [0, 0.05) is 17.9 Å². The highest BCUT2D eigenvalue weighted by Gasteiger charge is 2.28. The zero-order valence-electron chi connectivity index (χ0n) is 15.3. The highest BCUT2D eigenvalue weighted by molar-refractivity contribution is 5.96. The summed E-state index contributed by atoms with van der Waals surface area (Å²) in [6, 6.07) is 14.8. The van der Waals surface area contributed by atoms with Gasteiger partial charge in [-0.2, -0.15) is 0 Å². The Morgan fingerprint density at radius 3 is 2.46 bits per heavy atom. The quantitative estimate of drug-likeness (QED) is 0.792. The molecule has 1 unspecified atom stereocenters. The van der Waals surface area contributed by atoms with Crippen LogP contribution in [0.3, 0.4) is 0 Å². The van der Waals surface area contributed by atoms with Crippen molar-refractivity contribution in [2.75, 3.05) is 30.4 Å². The van der Waals surface area contributed by atoms with Gasteiger partial charge in [-0.1, -0.05) is 24.3 Å². The minimum Gasteiger partial charge on any atom is -0.321 e. The molecule has 0 bridgehead atoms. The summed E-state index contributed by atoms with van der Waals surface area (Å²) in [5, 5.41) is 2.66. The lowest BCUT2D eigenvalue weighted by Crippen LogP contribution is -3.15. The number of carbonyl (C=O) groups excluding carboxylic acids is 2. The number of quaternary nitrogens is 1. The number of likely N-dealkylation sites (N-methyl/N-ethyl adjacent to an activating group) is 2. The van der Waals surface area contributed by atoms with Crippen LogP contribution in [0.2, 0.25) is 0 Å². The second-order valence-electron chi connectivity index (χ2n) is 6.22. The number of amides is 2. The van der Waals surface area contributed by atoms with Crippen molar-refractivity contribution in [3.63, 3.8) is 0 Å². The van der Waals surface area contributed by atoms with E-state index in [-0.39, 0.29) is 18.4 Å². The van der Waals surface area contributed by atoms with Gasteiger partial charge in [0.05, 0.1) is 7.05 Å². The van der Waals surface area contributed by atoms with Gasteiger partial charge in [0.15, 0.2) is 12.6 Å². The van der Waals surface area contributed by atoms with Gasteiger partial charge in [-0.3, -0.25) is 9.59 Å². The molecule has 0 fully saturated rings. The Hall–Kier alpha value is -2.73. The van der Waals surface area contributed by atoms with Gasteiger partial charge in [0.1, 0.15) is 5.82 Å². The fourth-order valence-electron chi connectivity index (χ4n) is 2.70. The molecule has 2 amide bonds. The summed E-state index contributed by atoms with van der Waals surface area (Å²) in [6.07, 6.45) is 0. The third-order valence-corrected chi connectivity index (χ3v) is 4.31. The van der Waals surface area contributed by atoms with Crippen molar-refractivity contribution >= 4 is 23.2 Å². The van der Waals surface area contributed by atoms with E-state index in [9.17, 15) is 14.0 Å². The maximum Gasteiger partial charge on any atom is 0.284 e. The van der Waals surface area contributed by atoms with Crippen LogP contribution in [0.15, 0.2) is 54.6 Å². The normalized spacial score (nSPS) is 12.9. The third-order valence-electron chi connectivity index (χ3n) is 4.31. The predicted octanol–water partition coefficient (Wildman–Crippen LogP) is 1.72. The average molecular weight is 358 g/mol. The van der Waals surface area contributed by atoms with Crippen LogP contribution >= 0.6 is 0 Å². The molecule has 0 saturated heterocycles. The Morgan fingerprint density at radius 2 is 1.85 bits per heavy atom. The summed E-state index contributed by atoms with van der Waals surface area (Å²) in [6.45, 7) is 4.38. The third kappa shape index (κ3) is 5.13. The van der Waals surface area contributed by atoms with Crippen LogP contribution in [0.1, 0.15) is 13.8 Å². The molecule has 0 aromatic heterocycles. The van der Waals surface area contributed by atoms with E-state index in [1.54, 1.807) is 24.9 Å². The van der Waals surface area contributed by atoms with Crippen LogP contribution in [0.4, 0.5) is 15.8 Å². The summed E-state index contributed by atoms with van der Waals surface area (Å²) in [4.78, 5) is 27.5. The van der Waals surface area contributed by atoms with Crippen molar-refractivity contribution < 1.29 is 18.9 Å². The van der Waals surface area contributed by atoms with Crippen molar-refractivity contribution in [2.24, 2.45) is 0 Å². The molecule has 2 aromatic carbocycles. The standard InChI is InChI=1S/C20H24FN3O2/c1-4-24(18-11-6-5-7-12-18)20(26)15(2)23(3)14-19(25)22-17-10-8-9-16(21)13-17/h5-13,15H,4,14H2,1-3H3,(H,22,25)/p+1/t15-/m1/s1. The van der Waals surface area contributed by atoms with Crippen LogP contribution in [-0.4, -0.2) is 38.0 Å². The van der Waals surface area contributed by atoms with Crippen LogP contribution in [0, 0.1) is 5.82 Å². The fourth-order valence-corrected chi connectivity index (χ4v) is 2.70. The topological polar surface area (TPSA) is 53.9 Å². The molecule has 6 heteroatoms. The lowest BCUT2D eigenvalue weighted by molar-refractivity contribution is -0.885. The van der Waals surface area contributed by atoms with E-state index in [2.05, 4.69) is 5.32 Å². The van der Waals surface area contributed by atoms with Gasteiger partial charge in [-0.05, 0) is 44.2 Å². The Kier molecular flexibility index (Phi) is 6.86. The largest absolute Gasteiger partial charge is 0.321 e. The number of benzene rings is 2. The number of halogens is 1. The first-order chi connectivity index (χ1) is 12.4. The highest BCUT2D eigenvalue weighted by atomic mass is 19.1. The van der Waals surface area contributed by atoms with E-state index >= 15 is 0 Å². The van der Waals surface area contributed by atoms with Crippen LogP contribution < -0.4 is 15.1 Å². The molecule has 26 heavy (non-hydrogen) atoms. The minimum absolute atomic E-state index is 0.0465. The Labute approximate surface area is 153 Å². The molecule has 0 radical (unpaired) electrons. The maximum atomic E-state index is 13.2. The molecule has 2 atom stereocenters. The van der Waals surface area contributed by atoms with Crippen molar-refractivity contribution in [3.8, 4) is 0 Å². The second kappa shape index (κ2) is 9.10. The molecule has 0 saturated carbocycles. The van der Waals surface area contributed by atoms with Gasteiger partial charge >= 0.3 is 0 Å². The van der Waals surface area contributed by atoms with E-state index in [0.29, 0.717) is 12.2 Å². The van der Waals surface area contributed by atoms with Crippen molar-refractivity contribution in [1.82, 2.24) is 0 Å². The number of nitrogens with zero attached hydrogens (tertiary/aromatic N) is 1. The van der Waals surface area contributed by atoms with Crippen molar-refractivity contribution in [1.29, 1.82) is 0 Å². The molecule has 0 aliphatic heterocycles. The van der Waals surface area contributed by atoms with Gasteiger partial charge < -0.3 is 15.1 Å². The Bertz CT molecular complexity index is 752. The minimum atomic E-state index is -0.409. The number of rotatable bonds is 7.